The summed E-state index contributed by atoms with van der Waals surface area (Å²) in [5, 5.41) is 4.78. The number of carbonyl (C=O) groups excluding carboxylic acids is 3. The molecule has 0 aliphatic carbocycles. The first kappa shape index (κ1) is 20.9. The number of alkyl halides is 3. The normalized spacial score (nSPS) is 10.9. The Balaban J connectivity index is 1.96. The summed E-state index contributed by atoms with van der Waals surface area (Å²) < 4.78 is 42.5. The molecule has 0 fully saturated rings. The second kappa shape index (κ2) is 9.03. The summed E-state index contributed by atoms with van der Waals surface area (Å²) in [4.78, 5) is 35.9. The molecule has 0 bridgehead atoms. The van der Waals surface area contributed by atoms with Gasteiger partial charge >= 0.3 is 12.1 Å². The number of benzene rings is 2. The number of para-hydroxylation sites is 1. The minimum atomic E-state index is -4.48. The Morgan fingerprint density at radius 1 is 0.929 bits per heavy atom. The minimum Gasteiger partial charge on any atom is -0.462 e. The van der Waals surface area contributed by atoms with Crippen LogP contribution in [-0.2, 0) is 20.5 Å². The molecule has 0 saturated heterocycles. The monoisotopic (exact) mass is 394 g/mol. The highest BCUT2D eigenvalue weighted by Gasteiger charge is 2.30. The number of carbonyl (C=O) groups is 3. The molecular weight excluding hydrogens is 377 g/mol. The molecule has 2 aromatic rings. The predicted octanol–water partition coefficient (Wildman–Crippen LogP) is 3.85. The van der Waals surface area contributed by atoms with E-state index in [1.54, 1.807) is 19.1 Å². The Kier molecular flexibility index (Phi) is 6.75. The van der Waals surface area contributed by atoms with Crippen molar-refractivity contribution in [3.8, 4) is 0 Å². The van der Waals surface area contributed by atoms with Gasteiger partial charge in [0.1, 0.15) is 6.42 Å². The molecule has 0 heterocycles. The van der Waals surface area contributed by atoms with E-state index in [9.17, 15) is 27.6 Å². The first-order valence-corrected chi connectivity index (χ1v) is 8.24. The Bertz CT molecular complexity index is 864. The molecule has 0 aliphatic rings. The van der Waals surface area contributed by atoms with Crippen molar-refractivity contribution in [1.82, 2.24) is 0 Å². The molecule has 0 aromatic heterocycles. The van der Waals surface area contributed by atoms with Crippen molar-refractivity contribution in [2.45, 2.75) is 19.5 Å². The van der Waals surface area contributed by atoms with Crippen LogP contribution in [0.4, 0.5) is 24.5 Å². The van der Waals surface area contributed by atoms with Crippen molar-refractivity contribution >= 4 is 29.2 Å². The van der Waals surface area contributed by atoms with Gasteiger partial charge in [0, 0.05) is 5.69 Å². The quantitative estimate of drug-likeness (QED) is 0.576. The maximum absolute atomic E-state index is 12.5. The molecule has 0 unspecified atom stereocenters. The second-order valence-corrected chi connectivity index (χ2v) is 5.61. The summed E-state index contributed by atoms with van der Waals surface area (Å²) in [6.07, 6.45) is -5.06. The van der Waals surface area contributed by atoms with Gasteiger partial charge in [-0.2, -0.15) is 13.2 Å². The van der Waals surface area contributed by atoms with Crippen LogP contribution in [-0.4, -0.2) is 24.4 Å². The second-order valence-electron chi connectivity index (χ2n) is 5.61. The average Bonchev–Trinajstić information content (AvgIpc) is 2.61. The van der Waals surface area contributed by atoms with Gasteiger partial charge in [0.05, 0.1) is 23.4 Å². The maximum Gasteiger partial charge on any atom is 0.416 e. The van der Waals surface area contributed by atoms with E-state index < -0.39 is 35.9 Å². The number of anilines is 2. The van der Waals surface area contributed by atoms with Gasteiger partial charge in [-0.1, -0.05) is 12.1 Å². The molecule has 2 aromatic carbocycles. The first-order valence-electron chi connectivity index (χ1n) is 8.24. The van der Waals surface area contributed by atoms with E-state index in [-0.39, 0.29) is 23.5 Å². The Morgan fingerprint density at radius 2 is 1.54 bits per heavy atom. The number of halogens is 3. The molecule has 0 aliphatic heterocycles. The van der Waals surface area contributed by atoms with Crippen LogP contribution in [0.1, 0.15) is 29.3 Å². The van der Waals surface area contributed by atoms with E-state index in [2.05, 4.69) is 10.6 Å². The fraction of sp³-hybridized carbons (Fsp3) is 0.211. The van der Waals surface area contributed by atoms with Gasteiger partial charge in [0.2, 0.25) is 11.8 Å². The highest BCUT2D eigenvalue weighted by atomic mass is 19.4. The van der Waals surface area contributed by atoms with Crippen LogP contribution in [0.2, 0.25) is 0 Å². The van der Waals surface area contributed by atoms with Crippen molar-refractivity contribution in [3.05, 3.63) is 59.7 Å². The average molecular weight is 394 g/mol. The van der Waals surface area contributed by atoms with E-state index >= 15 is 0 Å². The third-order valence-corrected chi connectivity index (χ3v) is 3.51. The van der Waals surface area contributed by atoms with E-state index in [1.165, 1.54) is 12.1 Å². The lowest BCUT2D eigenvalue weighted by Crippen LogP contribution is -2.22. The number of esters is 1. The summed E-state index contributed by atoms with van der Waals surface area (Å²) in [7, 11) is 0. The zero-order valence-corrected chi connectivity index (χ0v) is 14.8. The van der Waals surface area contributed by atoms with E-state index in [4.69, 9.17) is 4.74 Å². The third-order valence-electron chi connectivity index (χ3n) is 3.51. The van der Waals surface area contributed by atoms with Gasteiger partial charge in [-0.25, -0.2) is 4.79 Å². The van der Waals surface area contributed by atoms with E-state index in [0.29, 0.717) is 0 Å². The van der Waals surface area contributed by atoms with Gasteiger partial charge in [0.15, 0.2) is 0 Å². The number of rotatable bonds is 6. The largest absolute Gasteiger partial charge is 0.462 e. The van der Waals surface area contributed by atoms with Crippen LogP contribution >= 0.6 is 0 Å². The molecule has 0 spiro atoms. The molecule has 28 heavy (non-hydrogen) atoms. The molecule has 0 saturated carbocycles. The van der Waals surface area contributed by atoms with Crippen LogP contribution in [0.3, 0.4) is 0 Å². The lowest BCUT2D eigenvalue weighted by atomic mass is 10.1. The zero-order valence-electron chi connectivity index (χ0n) is 14.8. The molecule has 6 nitrogen and oxygen atoms in total. The smallest absolute Gasteiger partial charge is 0.416 e. The summed E-state index contributed by atoms with van der Waals surface area (Å²) >= 11 is 0. The minimum absolute atomic E-state index is 0.123. The highest BCUT2D eigenvalue weighted by Crippen LogP contribution is 2.29. The third kappa shape index (κ3) is 5.83. The zero-order chi connectivity index (χ0) is 20.7. The highest BCUT2D eigenvalue weighted by molar-refractivity contribution is 6.09. The van der Waals surface area contributed by atoms with Gasteiger partial charge in [-0.15, -0.1) is 0 Å². The summed E-state index contributed by atoms with van der Waals surface area (Å²) in [6, 6.07) is 9.98. The summed E-state index contributed by atoms with van der Waals surface area (Å²) in [5.41, 5.74) is -0.398. The number of amides is 2. The van der Waals surface area contributed by atoms with Gasteiger partial charge in [-0.3, -0.25) is 9.59 Å². The van der Waals surface area contributed by atoms with Crippen molar-refractivity contribution < 1.29 is 32.3 Å². The van der Waals surface area contributed by atoms with Crippen molar-refractivity contribution in [3.63, 3.8) is 0 Å². The van der Waals surface area contributed by atoms with Crippen molar-refractivity contribution in [1.29, 1.82) is 0 Å². The lowest BCUT2D eigenvalue weighted by Gasteiger charge is -2.11. The number of ether oxygens (including phenoxy) is 1. The Labute approximate surface area is 158 Å². The fourth-order valence-electron chi connectivity index (χ4n) is 2.27. The molecule has 0 atom stereocenters. The SMILES string of the molecule is CCOC(=O)c1ccccc1NC(=O)CC(=O)Nc1ccc(C(F)(F)F)cc1. The lowest BCUT2D eigenvalue weighted by molar-refractivity contribution is -0.137. The number of hydrogen-bond acceptors (Lipinski definition) is 4. The van der Waals surface area contributed by atoms with Crippen LogP contribution in [0.5, 0.6) is 0 Å². The summed E-state index contributed by atoms with van der Waals surface area (Å²) in [5.74, 6) is -2.03. The molecule has 9 heteroatoms. The topological polar surface area (TPSA) is 84.5 Å². The van der Waals surface area contributed by atoms with Gasteiger partial charge < -0.3 is 15.4 Å². The number of nitrogens with one attached hydrogen (secondary N) is 2. The first-order chi connectivity index (χ1) is 13.2. The molecule has 0 radical (unpaired) electrons. The maximum atomic E-state index is 12.5. The van der Waals surface area contributed by atoms with Crippen molar-refractivity contribution in [2.75, 3.05) is 17.2 Å². The Hall–Kier alpha value is -3.36. The van der Waals surface area contributed by atoms with E-state index in [1.807, 2.05) is 0 Å². The molecule has 2 amide bonds. The van der Waals surface area contributed by atoms with Crippen LogP contribution in [0, 0.1) is 0 Å². The van der Waals surface area contributed by atoms with Crippen LogP contribution < -0.4 is 10.6 Å². The molecule has 148 valence electrons. The van der Waals surface area contributed by atoms with Crippen LogP contribution in [0.25, 0.3) is 0 Å². The van der Waals surface area contributed by atoms with Crippen molar-refractivity contribution in [2.24, 2.45) is 0 Å². The standard InChI is InChI=1S/C19H17F3N2O4/c1-2-28-18(27)14-5-3-4-6-15(14)24-17(26)11-16(25)23-13-9-7-12(8-10-13)19(20,21)22/h3-10H,2,11H2,1H3,(H,23,25)(H,24,26). The summed E-state index contributed by atoms with van der Waals surface area (Å²) in [6.45, 7) is 1.81. The molecule has 2 N–H and O–H groups in total. The number of hydrogen-bond donors (Lipinski definition) is 2. The predicted molar refractivity (Wildman–Crippen MR) is 95.7 cm³/mol. The van der Waals surface area contributed by atoms with Gasteiger partial charge in [0.25, 0.3) is 0 Å². The Morgan fingerprint density at radius 3 is 2.14 bits per heavy atom. The fourth-order valence-corrected chi connectivity index (χ4v) is 2.27. The van der Waals surface area contributed by atoms with Crippen LogP contribution in [0.15, 0.2) is 48.5 Å². The molecule has 2 rings (SSSR count). The van der Waals surface area contributed by atoms with Gasteiger partial charge in [-0.05, 0) is 43.3 Å². The van der Waals surface area contributed by atoms with E-state index in [0.717, 1.165) is 24.3 Å². The molecular formula is C19H17F3N2O4.